The summed E-state index contributed by atoms with van der Waals surface area (Å²) < 4.78 is 11.1. The quantitative estimate of drug-likeness (QED) is 0.394. The first-order valence-electron chi connectivity index (χ1n) is 10.9. The van der Waals surface area contributed by atoms with Crippen LogP contribution in [0.4, 0.5) is 5.69 Å². The van der Waals surface area contributed by atoms with Crippen LogP contribution in [0.15, 0.2) is 72.8 Å². The fourth-order valence-corrected chi connectivity index (χ4v) is 3.82. The molecule has 4 rings (SSSR count). The van der Waals surface area contributed by atoms with Crippen molar-refractivity contribution >= 4 is 23.3 Å². The Morgan fingerprint density at radius 3 is 2.33 bits per heavy atom. The van der Waals surface area contributed by atoms with Crippen LogP contribution >= 0.6 is 0 Å². The number of anilines is 1. The van der Waals surface area contributed by atoms with Gasteiger partial charge in [0.25, 0.3) is 0 Å². The molecule has 1 amide bonds. The van der Waals surface area contributed by atoms with E-state index in [2.05, 4.69) is 0 Å². The largest absolute Gasteiger partial charge is 0.489 e. The van der Waals surface area contributed by atoms with Gasteiger partial charge in [-0.05, 0) is 66.9 Å². The molecule has 1 aliphatic heterocycles. The number of hydrogen-bond acceptors (Lipinski definition) is 5. The molecule has 1 unspecified atom stereocenters. The summed E-state index contributed by atoms with van der Waals surface area (Å²) in [5.74, 6) is -0.0859. The summed E-state index contributed by atoms with van der Waals surface area (Å²) in [6.07, 6.45) is -0.230. The van der Waals surface area contributed by atoms with Gasteiger partial charge in [-0.15, -0.1) is 0 Å². The van der Waals surface area contributed by atoms with E-state index in [4.69, 9.17) is 9.47 Å². The molecule has 0 radical (unpaired) electrons. The summed E-state index contributed by atoms with van der Waals surface area (Å²) in [4.78, 5) is 38.8. The number of fused-ring (bicyclic) bond motifs is 1. The number of hydrogen-bond donors (Lipinski definition) is 0. The molecule has 0 bridgehead atoms. The lowest BCUT2D eigenvalue weighted by molar-refractivity contribution is -0.116. The molecular weight excluding hydrogens is 418 g/mol. The second kappa shape index (κ2) is 9.69. The number of esters is 1. The second-order valence-electron chi connectivity index (χ2n) is 7.97. The molecule has 1 heterocycles. The molecule has 1 aliphatic rings. The maximum Gasteiger partial charge on any atom is 0.338 e. The van der Waals surface area contributed by atoms with Crippen LogP contribution in [-0.4, -0.2) is 30.3 Å². The van der Waals surface area contributed by atoms with E-state index in [0.717, 1.165) is 22.6 Å². The zero-order chi connectivity index (χ0) is 23.4. The smallest absolute Gasteiger partial charge is 0.338 e. The van der Waals surface area contributed by atoms with Gasteiger partial charge in [0.1, 0.15) is 12.4 Å². The molecule has 3 aromatic carbocycles. The molecule has 0 fully saturated rings. The summed E-state index contributed by atoms with van der Waals surface area (Å²) in [7, 11) is 0. The first kappa shape index (κ1) is 22.3. The Morgan fingerprint density at radius 1 is 0.939 bits per heavy atom. The number of ketones is 1. The van der Waals surface area contributed by atoms with Gasteiger partial charge in [0, 0.05) is 24.7 Å². The van der Waals surface area contributed by atoms with Crippen molar-refractivity contribution in [2.75, 3.05) is 11.4 Å². The first-order valence-corrected chi connectivity index (χ1v) is 10.9. The van der Waals surface area contributed by atoms with Crippen molar-refractivity contribution in [3.8, 4) is 5.75 Å². The van der Waals surface area contributed by atoms with Gasteiger partial charge in [0.15, 0.2) is 6.10 Å². The van der Waals surface area contributed by atoms with E-state index >= 15 is 0 Å². The summed E-state index contributed by atoms with van der Waals surface area (Å²) in [5.41, 5.74) is 3.53. The van der Waals surface area contributed by atoms with Crippen molar-refractivity contribution in [1.29, 1.82) is 0 Å². The number of carbonyl (C=O) groups is 3. The number of amides is 1. The van der Waals surface area contributed by atoms with Crippen LogP contribution in [0, 0.1) is 0 Å². The third kappa shape index (κ3) is 5.12. The topological polar surface area (TPSA) is 72.9 Å². The molecule has 1 atom stereocenters. The summed E-state index contributed by atoms with van der Waals surface area (Å²) in [5, 5.41) is 0. The Balaban J connectivity index is 1.35. The van der Waals surface area contributed by atoms with Crippen LogP contribution in [0.3, 0.4) is 0 Å². The molecule has 0 saturated heterocycles. The fourth-order valence-electron chi connectivity index (χ4n) is 3.82. The lowest BCUT2D eigenvalue weighted by atomic mass is 10.0. The van der Waals surface area contributed by atoms with Crippen LogP contribution in [-0.2, 0) is 22.6 Å². The van der Waals surface area contributed by atoms with E-state index in [0.29, 0.717) is 30.7 Å². The molecule has 0 aromatic heterocycles. The van der Waals surface area contributed by atoms with Gasteiger partial charge in [0.05, 0.1) is 5.56 Å². The van der Waals surface area contributed by atoms with Crippen molar-refractivity contribution in [3.63, 3.8) is 0 Å². The van der Waals surface area contributed by atoms with E-state index in [1.54, 1.807) is 54.3 Å². The minimum absolute atomic E-state index is 0.0206. The highest BCUT2D eigenvalue weighted by molar-refractivity contribution is 6.02. The molecule has 0 saturated carbocycles. The van der Waals surface area contributed by atoms with E-state index < -0.39 is 12.1 Å². The van der Waals surface area contributed by atoms with E-state index in [1.165, 1.54) is 6.92 Å². The maximum absolute atomic E-state index is 12.8. The van der Waals surface area contributed by atoms with Crippen LogP contribution in [0.2, 0.25) is 0 Å². The average molecular weight is 443 g/mol. The summed E-state index contributed by atoms with van der Waals surface area (Å²) >= 11 is 0. The molecule has 33 heavy (non-hydrogen) atoms. The highest BCUT2D eigenvalue weighted by atomic mass is 16.5. The third-order valence-electron chi connectivity index (χ3n) is 5.63. The number of ether oxygens (including phenoxy) is 2. The molecule has 0 aliphatic carbocycles. The number of carbonyl (C=O) groups excluding carboxylic acids is 3. The van der Waals surface area contributed by atoms with Crippen LogP contribution < -0.4 is 9.64 Å². The van der Waals surface area contributed by atoms with Crippen LogP contribution in [0.25, 0.3) is 0 Å². The predicted octanol–water partition coefficient (Wildman–Crippen LogP) is 4.60. The highest BCUT2D eigenvalue weighted by Gasteiger charge is 2.25. The van der Waals surface area contributed by atoms with Crippen molar-refractivity contribution in [2.24, 2.45) is 0 Å². The second-order valence-corrected chi connectivity index (χ2v) is 7.97. The van der Waals surface area contributed by atoms with E-state index in [-0.39, 0.29) is 11.7 Å². The van der Waals surface area contributed by atoms with Crippen molar-refractivity contribution < 1.29 is 23.9 Å². The van der Waals surface area contributed by atoms with Gasteiger partial charge in [-0.1, -0.05) is 30.3 Å². The molecule has 0 N–H and O–H groups in total. The monoisotopic (exact) mass is 443 g/mol. The minimum Gasteiger partial charge on any atom is -0.489 e. The number of benzene rings is 3. The molecule has 0 spiro atoms. The molecule has 3 aromatic rings. The van der Waals surface area contributed by atoms with Gasteiger partial charge in [0.2, 0.25) is 11.7 Å². The zero-order valence-corrected chi connectivity index (χ0v) is 18.6. The van der Waals surface area contributed by atoms with Crippen LogP contribution in [0.5, 0.6) is 5.75 Å². The number of nitrogens with zero attached hydrogens (tertiary/aromatic N) is 1. The van der Waals surface area contributed by atoms with Crippen molar-refractivity contribution in [3.05, 3.63) is 95.1 Å². The molecule has 6 heteroatoms. The third-order valence-corrected chi connectivity index (χ3v) is 5.63. The lowest BCUT2D eigenvalue weighted by Crippen LogP contribution is -2.26. The average Bonchev–Trinajstić information content (AvgIpc) is 3.27. The number of Topliss-reactive ketones (excluding diaryl/α,β-unsaturated/α-hetero) is 1. The molecule has 6 nitrogen and oxygen atoms in total. The van der Waals surface area contributed by atoms with Gasteiger partial charge in [-0.3, -0.25) is 9.59 Å². The van der Waals surface area contributed by atoms with Gasteiger partial charge < -0.3 is 14.4 Å². The Hall–Kier alpha value is -3.93. The summed E-state index contributed by atoms with van der Waals surface area (Å²) in [6, 6.07) is 21.6. The predicted molar refractivity (Wildman–Crippen MR) is 125 cm³/mol. The standard InChI is InChI=1S/C27H25NO5/c1-18(26(30)23-12-13-25-22(16-23)14-15-28(25)19(2)29)33-27(31)21-10-8-20(9-11-21)17-32-24-6-4-3-5-7-24/h3-13,16,18H,14-15,17H2,1-2H3. The van der Waals surface area contributed by atoms with Gasteiger partial charge in [-0.2, -0.15) is 0 Å². The number of rotatable bonds is 7. The van der Waals surface area contributed by atoms with E-state index in [1.807, 2.05) is 30.3 Å². The Kier molecular flexibility index (Phi) is 6.54. The Bertz CT molecular complexity index is 1170. The number of para-hydroxylation sites is 1. The normalized spacial score (nSPS) is 13.2. The first-order chi connectivity index (χ1) is 15.9. The van der Waals surface area contributed by atoms with Crippen molar-refractivity contribution in [2.45, 2.75) is 33.0 Å². The Morgan fingerprint density at radius 2 is 1.64 bits per heavy atom. The maximum atomic E-state index is 12.8. The van der Waals surface area contributed by atoms with Crippen molar-refractivity contribution in [1.82, 2.24) is 0 Å². The van der Waals surface area contributed by atoms with E-state index in [9.17, 15) is 14.4 Å². The highest BCUT2D eigenvalue weighted by Crippen LogP contribution is 2.29. The fraction of sp³-hybridized carbons (Fsp3) is 0.222. The zero-order valence-electron chi connectivity index (χ0n) is 18.6. The van der Waals surface area contributed by atoms with Crippen LogP contribution in [0.1, 0.15) is 45.7 Å². The summed E-state index contributed by atoms with van der Waals surface area (Å²) in [6.45, 7) is 4.09. The molecular formula is C27H25NO5. The van der Waals surface area contributed by atoms with Gasteiger partial charge >= 0.3 is 5.97 Å². The molecule has 168 valence electrons. The Labute approximate surface area is 192 Å². The minimum atomic E-state index is -0.929. The van der Waals surface area contributed by atoms with Gasteiger partial charge in [-0.25, -0.2) is 4.79 Å². The SMILES string of the molecule is CC(=O)N1CCc2cc(C(=O)C(C)OC(=O)c3ccc(COc4ccccc4)cc3)ccc21. The lowest BCUT2D eigenvalue weighted by Gasteiger charge is -2.16.